The number of hydrogen-bond acceptors (Lipinski definition) is 3. The average molecular weight is 250 g/mol. The van der Waals surface area contributed by atoms with Crippen LogP contribution in [-0.4, -0.2) is 16.1 Å². The SMILES string of the molecule is O=C(Nc1ccc(Cl)cc1)c1ccc(=O)[nH]n1. The Morgan fingerprint density at radius 3 is 2.47 bits per heavy atom. The van der Waals surface area contributed by atoms with Crippen molar-refractivity contribution in [1.82, 2.24) is 10.2 Å². The van der Waals surface area contributed by atoms with E-state index in [0.29, 0.717) is 10.7 Å². The van der Waals surface area contributed by atoms with Crippen LogP contribution in [0.5, 0.6) is 0 Å². The van der Waals surface area contributed by atoms with Crippen molar-refractivity contribution in [2.24, 2.45) is 0 Å². The molecule has 6 heteroatoms. The van der Waals surface area contributed by atoms with E-state index in [9.17, 15) is 9.59 Å². The summed E-state index contributed by atoms with van der Waals surface area (Å²) in [6.45, 7) is 0. The minimum atomic E-state index is -0.399. The number of hydrogen-bond donors (Lipinski definition) is 2. The first-order chi connectivity index (χ1) is 8.15. The van der Waals surface area contributed by atoms with Gasteiger partial charge in [-0.2, -0.15) is 5.10 Å². The number of aromatic nitrogens is 2. The van der Waals surface area contributed by atoms with Gasteiger partial charge in [-0.25, -0.2) is 5.10 Å². The molecule has 0 saturated carbocycles. The second-order valence-electron chi connectivity index (χ2n) is 3.27. The topological polar surface area (TPSA) is 74.8 Å². The maximum Gasteiger partial charge on any atom is 0.276 e. The summed E-state index contributed by atoms with van der Waals surface area (Å²) in [4.78, 5) is 22.5. The summed E-state index contributed by atoms with van der Waals surface area (Å²) in [6.07, 6.45) is 0. The van der Waals surface area contributed by atoms with Gasteiger partial charge in [0.1, 0.15) is 5.69 Å². The molecule has 0 aliphatic carbocycles. The van der Waals surface area contributed by atoms with E-state index < -0.39 is 5.91 Å². The lowest BCUT2D eigenvalue weighted by atomic mass is 10.3. The van der Waals surface area contributed by atoms with Crippen molar-refractivity contribution in [3.63, 3.8) is 0 Å². The number of nitrogens with zero attached hydrogens (tertiary/aromatic N) is 1. The van der Waals surface area contributed by atoms with Gasteiger partial charge in [0.05, 0.1) is 0 Å². The summed E-state index contributed by atoms with van der Waals surface area (Å²) in [6, 6.07) is 9.26. The number of nitrogens with one attached hydrogen (secondary N) is 2. The Labute approximate surface area is 101 Å². The molecule has 0 saturated heterocycles. The van der Waals surface area contributed by atoms with Gasteiger partial charge < -0.3 is 5.32 Å². The van der Waals surface area contributed by atoms with E-state index >= 15 is 0 Å². The molecule has 0 bridgehead atoms. The number of anilines is 1. The minimum absolute atomic E-state index is 0.138. The maximum absolute atomic E-state index is 11.7. The largest absolute Gasteiger partial charge is 0.321 e. The summed E-state index contributed by atoms with van der Waals surface area (Å²) in [7, 11) is 0. The Bertz CT molecular complexity index is 572. The number of aromatic amines is 1. The Balaban J connectivity index is 2.14. The van der Waals surface area contributed by atoms with Crippen LogP contribution in [0.4, 0.5) is 5.69 Å². The quantitative estimate of drug-likeness (QED) is 0.850. The highest BCUT2D eigenvalue weighted by Gasteiger charge is 2.07. The van der Waals surface area contributed by atoms with Gasteiger partial charge in [0.25, 0.3) is 11.5 Å². The maximum atomic E-state index is 11.7. The molecule has 2 aromatic rings. The highest BCUT2D eigenvalue weighted by molar-refractivity contribution is 6.30. The van der Waals surface area contributed by atoms with E-state index in [0.717, 1.165) is 0 Å². The number of carbonyl (C=O) groups is 1. The Morgan fingerprint density at radius 1 is 1.18 bits per heavy atom. The van der Waals surface area contributed by atoms with E-state index in [4.69, 9.17) is 11.6 Å². The molecule has 0 aliphatic heterocycles. The monoisotopic (exact) mass is 249 g/mol. The van der Waals surface area contributed by atoms with Gasteiger partial charge in [-0.3, -0.25) is 9.59 Å². The van der Waals surface area contributed by atoms with Crippen molar-refractivity contribution in [3.8, 4) is 0 Å². The molecule has 1 heterocycles. The molecule has 1 amide bonds. The van der Waals surface area contributed by atoms with E-state index in [1.807, 2.05) is 0 Å². The van der Waals surface area contributed by atoms with Crippen LogP contribution in [0.3, 0.4) is 0 Å². The minimum Gasteiger partial charge on any atom is -0.321 e. The van der Waals surface area contributed by atoms with Gasteiger partial charge in [0.15, 0.2) is 0 Å². The lowest BCUT2D eigenvalue weighted by Crippen LogP contribution is -2.17. The third-order valence-corrected chi connectivity index (χ3v) is 2.27. The van der Waals surface area contributed by atoms with Crippen LogP contribution in [0.2, 0.25) is 5.02 Å². The molecule has 17 heavy (non-hydrogen) atoms. The van der Waals surface area contributed by atoms with Crippen molar-refractivity contribution in [3.05, 3.63) is 57.5 Å². The van der Waals surface area contributed by atoms with Crippen LogP contribution >= 0.6 is 11.6 Å². The smallest absolute Gasteiger partial charge is 0.276 e. The van der Waals surface area contributed by atoms with Crippen molar-refractivity contribution in [1.29, 1.82) is 0 Å². The molecule has 1 aromatic heterocycles. The van der Waals surface area contributed by atoms with Crippen molar-refractivity contribution in [2.45, 2.75) is 0 Å². The van der Waals surface area contributed by atoms with Crippen LogP contribution in [0, 0.1) is 0 Å². The average Bonchev–Trinajstić information content (AvgIpc) is 2.33. The third-order valence-electron chi connectivity index (χ3n) is 2.01. The van der Waals surface area contributed by atoms with Crippen molar-refractivity contribution < 1.29 is 4.79 Å². The Morgan fingerprint density at radius 2 is 1.88 bits per heavy atom. The first-order valence-electron chi connectivity index (χ1n) is 4.78. The molecule has 0 unspecified atom stereocenters. The standard InChI is InChI=1S/C11H8ClN3O2/c12-7-1-3-8(4-2-7)13-11(17)9-5-6-10(16)15-14-9/h1-6H,(H,13,17)(H,15,16). The van der Waals surface area contributed by atoms with E-state index in [1.54, 1.807) is 24.3 Å². The second-order valence-corrected chi connectivity index (χ2v) is 3.70. The predicted molar refractivity (Wildman–Crippen MR) is 64.3 cm³/mol. The normalized spacial score (nSPS) is 9.94. The van der Waals surface area contributed by atoms with Crippen LogP contribution in [0.1, 0.15) is 10.5 Å². The molecule has 86 valence electrons. The summed E-state index contributed by atoms with van der Waals surface area (Å²) in [5.41, 5.74) is 0.389. The van der Waals surface area contributed by atoms with Crippen molar-refractivity contribution in [2.75, 3.05) is 5.32 Å². The van der Waals surface area contributed by atoms with Crippen LogP contribution in [0.25, 0.3) is 0 Å². The van der Waals surface area contributed by atoms with Crippen LogP contribution in [-0.2, 0) is 0 Å². The third kappa shape index (κ3) is 2.92. The predicted octanol–water partition coefficient (Wildman–Crippen LogP) is 1.68. The molecule has 0 aliphatic rings. The fourth-order valence-corrected chi connectivity index (χ4v) is 1.33. The number of amides is 1. The zero-order valence-electron chi connectivity index (χ0n) is 8.61. The molecule has 0 atom stereocenters. The number of halogens is 1. The number of H-pyrrole nitrogens is 1. The van der Waals surface area contributed by atoms with Gasteiger partial charge >= 0.3 is 0 Å². The first kappa shape index (κ1) is 11.3. The van der Waals surface area contributed by atoms with Gasteiger partial charge in [0.2, 0.25) is 0 Å². The zero-order valence-corrected chi connectivity index (χ0v) is 9.36. The van der Waals surface area contributed by atoms with Gasteiger partial charge in [-0.05, 0) is 30.3 Å². The number of carbonyl (C=O) groups excluding carboxylic acids is 1. The fraction of sp³-hybridized carbons (Fsp3) is 0. The summed E-state index contributed by atoms with van der Waals surface area (Å²) in [5, 5.41) is 9.02. The van der Waals surface area contributed by atoms with Gasteiger partial charge in [-0.1, -0.05) is 11.6 Å². The molecular formula is C11H8ClN3O2. The summed E-state index contributed by atoms with van der Waals surface area (Å²) in [5.74, 6) is -0.399. The summed E-state index contributed by atoms with van der Waals surface area (Å²) < 4.78 is 0. The lowest BCUT2D eigenvalue weighted by molar-refractivity contribution is 0.102. The Kier molecular flexibility index (Phi) is 3.20. The lowest BCUT2D eigenvalue weighted by Gasteiger charge is -2.03. The van der Waals surface area contributed by atoms with Crippen LogP contribution < -0.4 is 10.9 Å². The van der Waals surface area contributed by atoms with Crippen LogP contribution in [0.15, 0.2) is 41.2 Å². The second kappa shape index (κ2) is 4.80. The number of rotatable bonds is 2. The fourth-order valence-electron chi connectivity index (χ4n) is 1.20. The Hall–Kier alpha value is -2.14. The van der Waals surface area contributed by atoms with E-state index in [-0.39, 0.29) is 11.3 Å². The highest BCUT2D eigenvalue weighted by atomic mass is 35.5. The van der Waals surface area contributed by atoms with Crippen molar-refractivity contribution >= 4 is 23.2 Å². The molecule has 2 rings (SSSR count). The van der Waals surface area contributed by atoms with E-state index in [1.165, 1.54) is 12.1 Å². The molecular weight excluding hydrogens is 242 g/mol. The molecule has 2 N–H and O–H groups in total. The summed E-state index contributed by atoms with van der Waals surface area (Å²) >= 11 is 5.72. The molecule has 0 fully saturated rings. The number of benzene rings is 1. The zero-order chi connectivity index (χ0) is 12.3. The molecule has 0 spiro atoms. The molecule has 0 radical (unpaired) electrons. The van der Waals surface area contributed by atoms with Gasteiger partial charge in [0, 0.05) is 16.8 Å². The van der Waals surface area contributed by atoms with Gasteiger partial charge in [-0.15, -0.1) is 0 Å². The molecule has 5 nitrogen and oxygen atoms in total. The molecule has 1 aromatic carbocycles. The highest BCUT2D eigenvalue weighted by Crippen LogP contribution is 2.13. The van der Waals surface area contributed by atoms with E-state index in [2.05, 4.69) is 15.5 Å². The first-order valence-corrected chi connectivity index (χ1v) is 5.15.